The Morgan fingerprint density at radius 3 is 2.49 bits per heavy atom. The van der Waals surface area contributed by atoms with Crippen molar-refractivity contribution in [2.45, 2.75) is 57.0 Å². The third kappa shape index (κ3) is 7.01. The molecule has 228 valence electrons. The van der Waals surface area contributed by atoms with Crippen molar-refractivity contribution in [3.8, 4) is 5.75 Å². The number of para-hydroxylation sites is 1. The number of amides is 2. The lowest BCUT2D eigenvalue weighted by Gasteiger charge is -2.41. The Bertz CT molecular complexity index is 1390. The van der Waals surface area contributed by atoms with Gasteiger partial charge in [-0.05, 0) is 42.7 Å². The van der Waals surface area contributed by atoms with Crippen LogP contribution in [0.15, 0.2) is 72.8 Å². The average Bonchev–Trinajstić information content (AvgIpc) is 3.25. The second-order valence-corrected chi connectivity index (χ2v) is 11.6. The highest BCUT2D eigenvalue weighted by Gasteiger charge is 2.42. The van der Waals surface area contributed by atoms with E-state index in [9.17, 15) is 14.7 Å². The van der Waals surface area contributed by atoms with Crippen LogP contribution in [-0.4, -0.2) is 67.6 Å². The molecule has 5 rings (SSSR count). The number of nitrogens with one attached hydrogen (secondary N) is 1. The van der Waals surface area contributed by atoms with E-state index in [1.54, 1.807) is 7.11 Å². The molecule has 0 spiro atoms. The van der Waals surface area contributed by atoms with E-state index < -0.39 is 29.6 Å². The molecule has 2 amide bonds. The molecule has 2 N–H and O–H groups in total. The van der Waals surface area contributed by atoms with Crippen molar-refractivity contribution in [1.82, 2.24) is 4.90 Å². The number of benzene rings is 3. The lowest BCUT2D eigenvalue weighted by atomic mass is 9.84. The van der Waals surface area contributed by atoms with Gasteiger partial charge in [0.05, 0.1) is 49.6 Å². The molecule has 0 saturated carbocycles. The lowest BCUT2D eigenvalue weighted by molar-refractivity contribution is -0.119. The first-order valence-corrected chi connectivity index (χ1v) is 14.7. The average molecular weight is 589 g/mol. The molecule has 0 aliphatic carbocycles. The number of carbonyl (C=O) groups is 2. The minimum Gasteiger partial charge on any atom is -0.494 e. The predicted octanol–water partition coefficient (Wildman–Crippen LogP) is 5.01. The van der Waals surface area contributed by atoms with Crippen LogP contribution in [0.2, 0.25) is 0 Å². The van der Waals surface area contributed by atoms with Crippen LogP contribution in [0.5, 0.6) is 5.75 Å². The highest BCUT2D eigenvalue weighted by atomic mass is 16.6. The summed E-state index contributed by atoms with van der Waals surface area (Å²) in [6.45, 7) is 5.64. The maximum absolute atomic E-state index is 13.1. The lowest BCUT2D eigenvalue weighted by Crippen LogP contribution is -2.53. The first kappa shape index (κ1) is 30.5. The number of aliphatic hydroxyl groups excluding tert-OH is 1. The molecule has 9 nitrogen and oxygen atoms in total. The van der Waals surface area contributed by atoms with Crippen molar-refractivity contribution in [2.24, 2.45) is 0 Å². The van der Waals surface area contributed by atoms with Gasteiger partial charge in [0.2, 0.25) is 5.91 Å². The van der Waals surface area contributed by atoms with Gasteiger partial charge in [-0.2, -0.15) is 0 Å². The topological polar surface area (TPSA) is 107 Å². The summed E-state index contributed by atoms with van der Waals surface area (Å²) in [6.07, 6.45) is -1.16. The smallest absolute Gasteiger partial charge is 0.410 e. The van der Waals surface area contributed by atoms with Crippen LogP contribution in [-0.2, 0) is 37.6 Å². The summed E-state index contributed by atoms with van der Waals surface area (Å²) in [5.41, 5.74) is 3.65. The molecule has 9 heteroatoms. The van der Waals surface area contributed by atoms with Crippen LogP contribution in [0.3, 0.4) is 0 Å². The van der Waals surface area contributed by atoms with Crippen molar-refractivity contribution >= 4 is 17.7 Å². The highest BCUT2D eigenvalue weighted by molar-refractivity contribution is 6.06. The Labute approximate surface area is 252 Å². The van der Waals surface area contributed by atoms with E-state index in [4.69, 9.17) is 18.9 Å². The molecule has 43 heavy (non-hydrogen) atoms. The van der Waals surface area contributed by atoms with Crippen molar-refractivity contribution in [2.75, 3.05) is 38.7 Å². The van der Waals surface area contributed by atoms with E-state index >= 15 is 0 Å². The summed E-state index contributed by atoms with van der Waals surface area (Å²) in [5.74, 6) is 0.272. The van der Waals surface area contributed by atoms with Crippen molar-refractivity contribution in [1.29, 1.82) is 0 Å². The first-order valence-electron chi connectivity index (χ1n) is 14.7. The summed E-state index contributed by atoms with van der Waals surface area (Å²) >= 11 is 0. The Hall–Kier alpha value is -3.92. The van der Waals surface area contributed by atoms with Crippen LogP contribution < -0.4 is 10.1 Å². The van der Waals surface area contributed by atoms with Crippen LogP contribution in [0.1, 0.15) is 48.4 Å². The number of carbonyl (C=O) groups excluding carboxylic acids is 2. The fraction of sp³-hybridized carbons (Fsp3) is 0.412. The van der Waals surface area contributed by atoms with Gasteiger partial charge in [-0.3, -0.25) is 4.79 Å². The van der Waals surface area contributed by atoms with E-state index in [0.717, 1.165) is 40.1 Å². The molecule has 1 fully saturated rings. The van der Waals surface area contributed by atoms with Crippen molar-refractivity contribution < 1.29 is 33.6 Å². The van der Waals surface area contributed by atoms with Gasteiger partial charge in [0.15, 0.2) is 0 Å². The highest BCUT2D eigenvalue weighted by Crippen LogP contribution is 2.40. The maximum Gasteiger partial charge on any atom is 0.410 e. The molecule has 0 radical (unpaired) electrons. The predicted molar refractivity (Wildman–Crippen MR) is 162 cm³/mol. The molecular formula is C34H40N2O7. The first-order chi connectivity index (χ1) is 20.8. The van der Waals surface area contributed by atoms with Gasteiger partial charge in [-0.1, -0.05) is 60.7 Å². The number of hydrogen-bond donors (Lipinski definition) is 2. The third-order valence-corrected chi connectivity index (χ3v) is 8.20. The van der Waals surface area contributed by atoms with Gasteiger partial charge in [0, 0.05) is 31.6 Å². The molecule has 2 aliphatic heterocycles. The molecule has 0 aromatic heterocycles. The standard InChI is InChI=1S/C34H40N2O7/c1-34(2)27-12-7-11-25(31(27)35-32(34)38)22-42-29-20-36(33(39)43-21-23-9-5-4-6-10-23)19-28(37)30(29)24-13-15-26(16-14-24)41-18-8-17-40-3/h4-7,9-16,28-30,37H,8,17-22H2,1-3H3,(H,35,38)/t28-,29+,30+/m1/s1. The normalized spacial score (nSPS) is 20.8. The minimum atomic E-state index is -0.892. The Kier molecular flexibility index (Phi) is 9.65. The summed E-state index contributed by atoms with van der Waals surface area (Å²) in [5, 5.41) is 14.4. The number of β-amino-alcohol motifs (C(OH)–C–C–N with tert-alkyl or cyclic N) is 1. The van der Waals surface area contributed by atoms with E-state index in [-0.39, 0.29) is 32.2 Å². The van der Waals surface area contributed by atoms with Gasteiger partial charge in [-0.15, -0.1) is 0 Å². The van der Waals surface area contributed by atoms with E-state index in [0.29, 0.717) is 13.2 Å². The number of likely N-dealkylation sites (tertiary alicyclic amines) is 1. The quantitative estimate of drug-likeness (QED) is 0.303. The number of anilines is 1. The van der Waals surface area contributed by atoms with Gasteiger partial charge in [-0.25, -0.2) is 4.79 Å². The molecule has 2 heterocycles. The van der Waals surface area contributed by atoms with E-state index in [1.165, 1.54) is 4.90 Å². The molecular weight excluding hydrogens is 548 g/mol. The maximum atomic E-state index is 13.1. The minimum absolute atomic E-state index is 0.0576. The summed E-state index contributed by atoms with van der Waals surface area (Å²) in [6, 6.07) is 22.9. The number of nitrogens with zero attached hydrogens (tertiary/aromatic N) is 1. The van der Waals surface area contributed by atoms with Gasteiger partial charge >= 0.3 is 6.09 Å². The zero-order chi connectivity index (χ0) is 30.4. The monoisotopic (exact) mass is 588 g/mol. The molecule has 3 aromatic rings. The second-order valence-electron chi connectivity index (χ2n) is 11.6. The summed E-state index contributed by atoms with van der Waals surface area (Å²) in [7, 11) is 1.66. The van der Waals surface area contributed by atoms with Crippen LogP contribution in [0.4, 0.5) is 10.5 Å². The van der Waals surface area contributed by atoms with Gasteiger partial charge < -0.3 is 34.3 Å². The summed E-state index contributed by atoms with van der Waals surface area (Å²) in [4.78, 5) is 27.2. The third-order valence-electron chi connectivity index (χ3n) is 8.20. The molecule has 0 bridgehead atoms. The number of aliphatic hydroxyl groups is 1. The van der Waals surface area contributed by atoms with Crippen molar-refractivity contribution in [3.05, 3.63) is 95.1 Å². The Morgan fingerprint density at radius 2 is 1.74 bits per heavy atom. The number of methoxy groups -OCH3 is 1. The van der Waals surface area contributed by atoms with Crippen LogP contribution in [0, 0.1) is 0 Å². The number of fused-ring (bicyclic) bond motifs is 1. The number of hydrogen-bond acceptors (Lipinski definition) is 7. The van der Waals surface area contributed by atoms with Crippen LogP contribution >= 0.6 is 0 Å². The molecule has 0 unspecified atom stereocenters. The van der Waals surface area contributed by atoms with Gasteiger partial charge in [0.25, 0.3) is 0 Å². The van der Waals surface area contributed by atoms with Crippen LogP contribution in [0.25, 0.3) is 0 Å². The van der Waals surface area contributed by atoms with Gasteiger partial charge in [0.1, 0.15) is 12.4 Å². The molecule has 1 saturated heterocycles. The summed E-state index contributed by atoms with van der Waals surface area (Å²) < 4.78 is 23.0. The molecule has 3 aromatic carbocycles. The largest absolute Gasteiger partial charge is 0.494 e. The van der Waals surface area contributed by atoms with E-state index in [2.05, 4.69) is 5.32 Å². The number of ether oxygens (including phenoxy) is 4. The number of piperidine rings is 1. The molecule has 3 atom stereocenters. The Balaban J connectivity index is 1.33. The van der Waals surface area contributed by atoms with Crippen molar-refractivity contribution in [3.63, 3.8) is 0 Å². The zero-order valence-electron chi connectivity index (χ0n) is 25.0. The second kappa shape index (κ2) is 13.6. The SMILES string of the molecule is COCCCOc1ccc([C@H]2[C@H](O)CN(C(=O)OCc3ccccc3)C[C@@H]2OCc2cccc3c2NC(=O)C3(C)C)cc1. The van der Waals surface area contributed by atoms with E-state index in [1.807, 2.05) is 86.6 Å². The fourth-order valence-electron chi connectivity index (χ4n) is 5.70. The molecule has 2 aliphatic rings. The fourth-order valence-corrected chi connectivity index (χ4v) is 5.70. The zero-order valence-corrected chi connectivity index (χ0v) is 25.0. The number of rotatable bonds is 11. The Morgan fingerprint density at radius 1 is 0.977 bits per heavy atom.